The third kappa shape index (κ3) is 3.79. The lowest BCUT2D eigenvalue weighted by molar-refractivity contribution is 0.241. The number of hydrogen-bond donors (Lipinski definition) is 1. The van der Waals surface area contributed by atoms with Crippen molar-refractivity contribution in [2.75, 3.05) is 18.4 Å². The molecule has 0 unspecified atom stereocenters. The maximum atomic E-state index is 13.8. The predicted molar refractivity (Wildman–Crippen MR) is 83.2 cm³/mol. The Morgan fingerprint density at radius 3 is 2.91 bits per heavy atom. The molecule has 3 rings (SSSR count). The van der Waals surface area contributed by atoms with Gasteiger partial charge in [0.05, 0.1) is 17.4 Å². The molecule has 0 saturated carbocycles. The molecule has 23 heavy (non-hydrogen) atoms. The summed E-state index contributed by atoms with van der Waals surface area (Å²) in [6.07, 6.45) is 7.82. The standard InChI is InChI=1S/C16H17FN6/c17-14-3-15(7-22-16-8-19-2-1-13(16)4-18)23(10-14)9-12-5-20-11-21-6-12/h1-2,5-6,8,11,14-15,22H,3,7,9-10H2/t14-,15-/m0/s1. The number of likely N-dealkylation sites (tertiary alicyclic amines) is 1. The molecule has 3 heterocycles. The summed E-state index contributed by atoms with van der Waals surface area (Å²) in [5.74, 6) is 0. The van der Waals surface area contributed by atoms with E-state index in [0.29, 0.717) is 37.3 Å². The number of rotatable bonds is 5. The molecule has 0 spiro atoms. The minimum atomic E-state index is -0.837. The van der Waals surface area contributed by atoms with Crippen molar-refractivity contribution >= 4 is 5.69 Å². The van der Waals surface area contributed by atoms with Gasteiger partial charge in [0.2, 0.25) is 0 Å². The monoisotopic (exact) mass is 312 g/mol. The SMILES string of the molecule is N#Cc1ccncc1NC[C@@H]1C[C@H](F)CN1Cc1cncnc1. The molecule has 2 aromatic rings. The van der Waals surface area contributed by atoms with Crippen LogP contribution in [0.3, 0.4) is 0 Å². The first-order valence-corrected chi connectivity index (χ1v) is 7.46. The van der Waals surface area contributed by atoms with E-state index in [-0.39, 0.29) is 6.04 Å². The van der Waals surface area contributed by atoms with E-state index < -0.39 is 6.17 Å². The summed E-state index contributed by atoms with van der Waals surface area (Å²) < 4.78 is 13.8. The topological polar surface area (TPSA) is 77.7 Å². The van der Waals surface area contributed by atoms with Crippen molar-refractivity contribution in [3.05, 3.63) is 48.3 Å². The highest BCUT2D eigenvalue weighted by atomic mass is 19.1. The van der Waals surface area contributed by atoms with Crippen molar-refractivity contribution in [1.82, 2.24) is 19.9 Å². The van der Waals surface area contributed by atoms with Crippen molar-refractivity contribution < 1.29 is 4.39 Å². The fraction of sp³-hybridized carbons (Fsp3) is 0.375. The van der Waals surface area contributed by atoms with Crippen molar-refractivity contribution in [3.8, 4) is 6.07 Å². The van der Waals surface area contributed by atoms with E-state index in [2.05, 4.69) is 31.2 Å². The number of alkyl halides is 1. The van der Waals surface area contributed by atoms with Gasteiger partial charge in [0.1, 0.15) is 18.6 Å². The van der Waals surface area contributed by atoms with E-state index in [4.69, 9.17) is 5.26 Å². The van der Waals surface area contributed by atoms with Crippen LogP contribution in [0.25, 0.3) is 0 Å². The second-order valence-electron chi connectivity index (χ2n) is 5.58. The number of nitrogens with one attached hydrogen (secondary N) is 1. The first kappa shape index (κ1) is 15.3. The normalized spacial score (nSPS) is 21.0. The zero-order valence-electron chi connectivity index (χ0n) is 12.6. The summed E-state index contributed by atoms with van der Waals surface area (Å²) >= 11 is 0. The lowest BCUT2D eigenvalue weighted by atomic mass is 10.2. The second-order valence-corrected chi connectivity index (χ2v) is 5.58. The number of aromatic nitrogens is 3. The third-order valence-corrected chi connectivity index (χ3v) is 3.95. The van der Waals surface area contributed by atoms with Gasteiger partial charge in [-0.05, 0) is 12.5 Å². The maximum Gasteiger partial charge on any atom is 0.115 e. The molecule has 1 N–H and O–H groups in total. The van der Waals surface area contributed by atoms with Crippen LogP contribution in [-0.2, 0) is 6.54 Å². The van der Waals surface area contributed by atoms with Gasteiger partial charge in [0.15, 0.2) is 0 Å². The lowest BCUT2D eigenvalue weighted by Crippen LogP contribution is -2.34. The summed E-state index contributed by atoms with van der Waals surface area (Å²) in [6, 6.07) is 3.84. The Labute approximate surface area is 134 Å². The lowest BCUT2D eigenvalue weighted by Gasteiger charge is -2.24. The molecular weight excluding hydrogens is 295 g/mol. The van der Waals surface area contributed by atoms with Gasteiger partial charge >= 0.3 is 0 Å². The number of pyridine rings is 1. The van der Waals surface area contributed by atoms with E-state index >= 15 is 0 Å². The van der Waals surface area contributed by atoms with Crippen LogP contribution < -0.4 is 5.32 Å². The Bertz CT molecular complexity index is 686. The Balaban J connectivity index is 1.65. The van der Waals surface area contributed by atoms with Crippen LogP contribution in [-0.4, -0.2) is 45.2 Å². The summed E-state index contributed by atoms with van der Waals surface area (Å²) in [6.45, 7) is 1.58. The molecule has 7 heteroatoms. The quantitative estimate of drug-likeness (QED) is 0.906. The molecule has 0 bridgehead atoms. The van der Waals surface area contributed by atoms with Crippen LogP contribution in [0.15, 0.2) is 37.2 Å². The zero-order valence-corrected chi connectivity index (χ0v) is 12.6. The van der Waals surface area contributed by atoms with E-state index in [9.17, 15) is 4.39 Å². The number of anilines is 1. The van der Waals surface area contributed by atoms with Crippen LogP contribution in [0.1, 0.15) is 17.5 Å². The Morgan fingerprint density at radius 2 is 2.13 bits per heavy atom. The molecule has 0 amide bonds. The molecule has 2 aromatic heterocycles. The molecule has 118 valence electrons. The summed E-state index contributed by atoms with van der Waals surface area (Å²) in [4.78, 5) is 14.1. The number of nitrogens with zero attached hydrogens (tertiary/aromatic N) is 5. The first-order valence-electron chi connectivity index (χ1n) is 7.46. The highest BCUT2D eigenvalue weighted by Gasteiger charge is 2.32. The van der Waals surface area contributed by atoms with Gasteiger partial charge < -0.3 is 5.32 Å². The number of halogens is 1. The van der Waals surface area contributed by atoms with Crippen LogP contribution in [0.2, 0.25) is 0 Å². The third-order valence-electron chi connectivity index (χ3n) is 3.95. The van der Waals surface area contributed by atoms with Crippen molar-refractivity contribution in [1.29, 1.82) is 5.26 Å². The molecule has 1 aliphatic rings. The molecular formula is C16H17FN6. The van der Waals surface area contributed by atoms with Crippen LogP contribution in [0, 0.1) is 11.3 Å². The van der Waals surface area contributed by atoms with Gasteiger partial charge in [-0.25, -0.2) is 14.4 Å². The average molecular weight is 312 g/mol. The Morgan fingerprint density at radius 1 is 1.30 bits per heavy atom. The zero-order chi connectivity index (χ0) is 16.1. The second kappa shape index (κ2) is 7.11. The minimum Gasteiger partial charge on any atom is -0.381 e. The van der Waals surface area contributed by atoms with Gasteiger partial charge in [-0.1, -0.05) is 0 Å². The van der Waals surface area contributed by atoms with E-state index in [1.54, 1.807) is 30.9 Å². The van der Waals surface area contributed by atoms with Crippen molar-refractivity contribution in [3.63, 3.8) is 0 Å². The number of hydrogen-bond acceptors (Lipinski definition) is 6. The van der Waals surface area contributed by atoms with Gasteiger partial charge in [0.25, 0.3) is 0 Å². The van der Waals surface area contributed by atoms with E-state index in [0.717, 1.165) is 5.56 Å². The van der Waals surface area contributed by atoms with Gasteiger partial charge in [0, 0.05) is 49.8 Å². The molecule has 6 nitrogen and oxygen atoms in total. The largest absolute Gasteiger partial charge is 0.381 e. The van der Waals surface area contributed by atoms with Crippen molar-refractivity contribution in [2.45, 2.75) is 25.2 Å². The molecule has 2 atom stereocenters. The van der Waals surface area contributed by atoms with Gasteiger partial charge in [-0.15, -0.1) is 0 Å². The molecule has 0 radical (unpaired) electrons. The maximum absolute atomic E-state index is 13.8. The predicted octanol–water partition coefficient (Wildman–Crippen LogP) is 1.77. The number of nitriles is 1. The fourth-order valence-electron chi connectivity index (χ4n) is 2.84. The van der Waals surface area contributed by atoms with Crippen LogP contribution in [0.5, 0.6) is 0 Å². The summed E-state index contributed by atoms with van der Waals surface area (Å²) in [7, 11) is 0. The van der Waals surface area contributed by atoms with E-state index in [1.807, 2.05) is 0 Å². The average Bonchev–Trinajstić information content (AvgIpc) is 2.93. The summed E-state index contributed by atoms with van der Waals surface area (Å²) in [5.41, 5.74) is 2.18. The van der Waals surface area contributed by atoms with Crippen molar-refractivity contribution in [2.24, 2.45) is 0 Å². The Hall–Kier alpha value is -2.59. The highest BCUT2D eigenvalue weighted by Crippen LogP contribution is 2.23. The van der Waals surface area contributed by atoms with Gasteiger partial charge in [-0.2, -0.15) is 5.26 Å². The Kier molecular flexibility index (Phi) is 4.74. The molecule has 0 aromatic carbocycles. The minimum absolute atomic E-state index is 0.0527. The molecule has 1 fully saturated rings. The van der Waals surface area contributed by atoms with Crippen LogP contribution >= 0.6 is 0 Å². The smallest absolute Gasteiger partial charge is 0.115 e. The molecule has 1 saturated heterocycles. The van der Waals surface area contributed by atoms with Gasteiger partial charge in [-0.3, -0.25) is 9.88 Å². The first-order chi connectivity index (χ1) is 11.3. The van der Waals surface area contributed by atoms with Crippen LogP contribution in [0.4, 0.5) is 10.1 Å². The highest BCUT2D eigenvalue weighted by molar-refractivity contribution is 5.55. The summed E-state index contributed by atoms with van der Waals surface area (Å²) in [5, 5.41) is 12.3. The molecule has 0 aliphatic carbocycles. The van der Waals surface area contributed by atoms with E-state index in [1.165, 1.54) is 6.33 Å². The fourth-order valence-corrected chi connectivity index (χ4v) is 2.84. The molecule has 1 aliphatic heterocycles.